The second-order valence-electron chi connectivity index (χ2n) is 4.64. The zero-order valence-corrected chi connectivity index (χ0v) is 12.3. The number of benzene rings is 1. The summed E-state index contributed by atoms with van der Waals surface area (Å²) in [6, 6.07) is 2.57. The van der Waals surface area contributed by atoms with Crippen LogP contribution < -0.4 is 10.6 Å². The van der Waals surface area contributed by atoms with Gasteiger partial charge in [-0.15, -0.1) is 0 Å². The predicted octanol–water partition coefficient (Wildman–Crippen LogP) is 1.78. The molecular formula is C13H16Cl2N2O3. The van der Waals surface area contributed by atoms with Crippen LogP contribution >= 0.6 is 23.2 Å². The summed E-state index contributed by atoms with van der Waals surface area (Å²) in [5, 5.41) is 9.73. The van der Waals surface area contributed by atoms with Crippen LogP contribution in [0.2, 0.25) is 10.0 Å². The minimum Gasteiger partial charge on any atom is -0.480 e. The van der Waals surface area contributed by atoms with E-state index in [0.717, 1.165) is 18.8 Å². The molecule has 1 aliphatic rings. The summed E-state index contributed by atoms with van der Waals surface area (Å²) >= 11 is 12.4. The molecular weight excluding hydrogens is 303 g/mol. The number of carboxylic acids is 1. The van der Waals surface area contributed by atoms with Gasteiger partial charge in [0.2, 0.25) is 0 Å². The van der Waals surface area contributed by atoms with Crippen LogP contribution in [-0.4, -0.2) is 43.4 Å². The van der Waals surface area contributed by atoms with E-state index in [1.165, 1.54) is 0 Å². The van der Waals surface area contributed by atoms with Crippen LogP contribution in [0, 0.1) is 0 Å². The number of morpholine rings is 1. The minimum atomic E-state index is -1.07. The van der Waals surface area contributed by atoms with Gasteiger partial charge in [0.25, 0.3) is 0 Å². The first-order valence-corrected chi connectivity index (χ1v) is 7.03. The summed E-state index contributed by atoms with van der Waals surface area (Å²) in [4.78, 5) is 12.9. The van der Waals surface area contributed by atoms with E-state index in [9.17, 15) is 4.79 Å². The molecule has 1 aromatic carbocycles. The Hall–Kier alpha value is -1.01. The molecule has 20 heavy (non-hydrogen) atoms. The average molecular weight is 319 g/mol. The van der Waals surface area contributed by atoms with E-state index in [-0.39, 0.29) is 6.42 Å². The van der Waals surface area contributed by atoms with E-state index in [0.29, 0.717) is 28.8 Å². The fourth-order valence-corrected chi connectivity index (χ4v) is 2.73. The van der Waals surface area contributed by atoms with Crippen molar-refractivity contribution in [1.82, 2.24) is 0 Å². The van der Waals surface area contributed by atoms with Crippen LogP contribution in [0.25, 0.3) is 0 Å². The Morgan fingerprint density at radius 3 is 2.40 bits per heavy atom. The lowest BCUT2D eigenvalue weighted by Crippen LogP contribution is -2.36. The molecule has 0 spiro atoms. The molecule has 1 saturated heterocycles. The highest BCUT2D eigenvalue weighted by Gasteiger charge is 2.19. The lowest BCUT2D eigenvalue weighted by Gasteiger charge is -2.29. The SMILES string of the molecule is NC(Cc1c(Cl)cc(N2CCOCC2)cc1Cl)C(=O)O. The van der Waals surface area contributed by atoms with E-state index < -0.39 is 12.0 Å². The lowest BCUT2D eigenvalue weighted by atomic mass is 10.1. The van der Waals surface area contributed by atoms with E-state index >= 15 is 0 Å². The van der Waals surface area contributed by atoms with Crippen molar-refractivity contribution in [1.29, 1.82) is 0 Å². The van der Waals surface area contributed by atoms with Gasteiger partial charge in [-0.3, -0.25) is 4.79 Å². The van der Waals surface area contributed by atoms with Crippen LogP contribution in [0.5, 0.6) is 0 Å². The molecule has 0 radical (unpaired) electrons. The molecule has 2 rings (SSSR count). The quantitative estimate of drug-likeness (QED) is 0.885. The summed E-state index contributed by atoms with van der Waals surface area (Å²) in [7, 11) is 0. The molecule has 1 fully saturated rings. The summed E-state index contributed by atoms with van der Waals surface area (Å²) in [5.74, 6) is -1.07. The number of nitrogens with zero attached hydrogens (tertiary/aromatic N) is 1. The van der Waals surface area contributed by atoms with Crippen molar-refractivity contribution in [2.24, 2.45) is 5.73 Å². The number of ether oxygens (including phenoxy) is 1. The van der Waals surface area contributed by atoms with Crippen molar-refractivity contribution in [2.45, 2.75) is 12.5 Å². The zero-order chi connectivity index (χ0) is 14.7. The molecule has 1 unspecified atom stereocenters. The second-order valence-corrected chi connectivity index (χ2v) is 5.45. The average Bonchev–Trinajstić information content (AvgIpc) is 2.43. The van der Waals surface area contributed by atoms with Crippen molar-refractivity contribution in [3.63, 3.8) is 0 Å². The van der Waals surface area contributed by atoms with Crippen LogP contribution in [0.1, 0.15) is 5.56 Å². The standard InChI is InChI=1S/C13H16Cl2N2O3/c14-10-5-8(17-1-3-20-4-2-17)6-11(15)9(10)7-12(16)13(18)19/h5-6,12H,1-4,7,16H2,(H,18,19). The van der Waals surface area contributed by atoms with Crippen LogP contribution in [0.15, 0.2) is 12.1 Å². The van der Waals surface area contributed by atoms with Gasteiger partial charge in [0.1, 0.15) is 6.04 Å². The summed E-state index contributed by atoms with van der Waals surface area (Å²) < 4.78 is 5.29. The molecule has 0 amide bonds. The third-order valence-electron chi connectivity index (χ3n) is 3.24. The van der Waals surface area contributed by atoms with E-state index in [1.807, 2.05) is 0 Å². The Labute approximate surface area is 127 Å². The first kappa shape index (κ1) is 15.4. The number of carbonyl (C=O) groups is 1. The van der Waals surface area contributed by atoms with Crippen LogP contribution in [-0.2, 0) is 16.0 Å². The molecule has 1 heterocycles. The summed E-state index contributed by atoms with van der Waals surface area (Å²) in [6.07, 6.45) is 0.108. The highest BCUT2D eigenvalue weighted by atomic mass is 35.5. The van der Waals surface area contributed by atoms with Crippen molar-refractivity contribution in [2.75, 3.05) is 31.2 Å². The third-order valence-corrected chi connectivity index (χ3v) is 3.92. The Kier molecular flexibility index (Phi) is 5.10. The van der Waals surface area contributed by atoms with Crippen molar-refractivity contribution < 1.29 is 14.6 Å². The maximum absolute atomic E-state index is 10.8. The van der Waals surface area contributed by atoms with E-state index in [1.54, 1.807) is 12.1 Å². The molecule has 0 bridgehead atoms. The Morgan fingerprint density at radius 2 is 1.90 bits per heavy atom. The van der Waals surface area contributed by atoms with Gasteiger partial charge in [0.15, 0.2) is 0 Å². The Bertz CT molecular complexity index is 481. The van der Waals surface area contributed by atoms with Gasteiger partial charge in [-0.05, 0) is 17.7 Å². The molecule has 7 heteroatoms. The molecule has 0 aliphatic carbocycles. The molecule has 1 aromatic rings. The Morgan fingerprint density at radius 1 is 1.35 bits per heavy atom. The van der Waals surface area contributed by atoms with Gasteiger partial charge in [-0.25, -0.2) is 0 Å². The normalized spacial score (nSPS) is 17.1. The van der Waals surface area contributed by atoms with Gasteiger partial charge in [0, 0.05) is 35.2 Å². The van der Waals surface area contributed by atoms with Crippen molar-refractivity contribution in [3.8, 4) is 0 Å². The van der Waals surface area contributed by atoms with Crippen molar-refractivity contribution in [3.05, 3.63) is 27.7 Å². The highest BCUT2D eigenvalue weighted by molar-refractivity contribution is 6.36. The maximum atomic E-state index is 10.8. The first-order valence-electron chi connectivity index (χ1n) is 6.28. The fraction of sp³-hybridized carbons (Fsp3) is 0.462. The third kappa shape index (κ3) is 3.55. The number of carboxylic acid groups (broad SMARTS) is 1. The Balaban J connectivity index is 2.21. The number of halogens is 2. The molecule has 3 N–H and O–H groups in total. The minimum absolute atomic E-state index is 0.108. The van der Waals surface area contributed by atoms with Crippen LogP contribution in [0.3, 0.4) is 0 Å². The zero-order valence-electron chi connectivity index (χ0n) is 10.8. The summed E-state index contributed by atoms with van der Waals surface area (Å²) in [6.45, 7) is 2.89. The lowest BCUT2D eigenvalue weighted by molar-refractivity contribution is -0.138. The number of aliphatic carboxylic acids is 1. The topological polar surface area (TPSA) is 75.8 Å². The number of anilines is 1. The number of hydrogen-bond donors (Lipinski definition) is 2. The fourth-order valence-electron chi connectivity index (χ4n) is 2.10. The van der Waals surface area contributed by atoms with Gasteiger partial charge in [-0.1, -0.05) is 23.2 Å². The highest BCUT2D eigenvalue weighted by Crippen LogP contribution is 2.32. The monoisotopic (exact) mass is 318 g/mol. The molecule has 110 valence electrons. The van der Waals surface area contributed by atoms with Gasteiger partial charge in [-0.2, -0.15) is 0 Å². The number of nitrogens with two attached hydrogens (primary N) is 1. The molecule has 0 saturated carbocycles. The van der Waals surface area contributed by atoms with Gasteiger partial charge in [0.05, 0.1) is 13.2 Å². The maximum Gasteiger partial charge on any atom is 0.320 e. The summed E-state index contributed by atoms with van der Waals surface area (Å²) in [5.41, 5.74) is 7.01. The molecule has 1 aliphatic heterocycles. The number of rotatable bonds is 4. The molecule has 1 atom stereocenters. The smallest absolute Gasteiger partial charge is 0.320 e. The number of hydrogen-bond acceptors (Lipinski definition) is 4. The molecule has 0 aromatic heterocycles. The molecule has 5 nitrogen and oxygen atoms in total. The van der Waals surface area contributed by atoms with Crippen LogP contribution in [0.4, 0.5) is 5.69 Å². The van der Waals surface area contributed by atoms with E-state index in [4.69, 9.17) is 38.8 Å². The first-order chi connectivity index (χ1) is 9.49. The van der Waals surface area contributed by atoms with Gasteiger partial charge < -0.3 is 20.5 Å². The van der Waals surface area contributed by atoms with Crippen molar-refractivity contribution >= 4 is 34.9 Å². The largest absolute Gasteiger partial charge is 0.480 e. The van der Waals surface area contributed by atoms with Gasteiger partial charge >= 0.3 is 5.97 Å². The van der Waals surface area contributed by atoms with E-state index in [2.05, 4.69) is 4.90 Å². The predicted molar refractivity (Wildman–Crippen MR) is 78.8 cm³/mol. The second kappa shape index (κ2) is 6.63.